The molecule has 2 aromatic carbocycles. The van der Waals surface area contributed by atoms with E-state index in [2.05, 4.69) is 20.1 Å². The molecule has 0 radical (unpaired) electrons. The molecule has 0 bridgehead atoms. The van der Waals surface area contributed by atoms with Gasteiger partial charge < -0.3 is 10.2 Å². The van der Waals surface area contributed by atoms with Crippen molar-refractivity contribution in [2.24, 2.45) is 0 Å². The van der Waals surface area contributed by atoms with Crippen LogP contribution in [0.15, 0.2) is 47.4 Å². The van der Waals surface area contributed by atoms with Crippen molar-refractivity contribution < 1.29 is 17.6 Å². The highest BCUT2D eigenvalue weighted by Gasteiger charge is 2.20. The van der Waals surface area contributed by atoms with Crippen molar-refractivity contribution in [1.82, 2.24) is 15.2 Å². The van der Waals surface area contributed by atoms with E-state index in [0.717, 1.165) is 41.5 Å². The Morgan fingerprint density at radius 1 is 1.16 bits per heavy atom. The van der Waals surface area contributed by atoms with E-state index in [0.29, 0.717) is 18.7 Å². The molecule has 2 heterocycles. The SMILES string of the molecule is CCS(=O)(=O)c1cccc(C(=O)NCCN2CCN(c3nc4ccc(F)cc4s3)CC2)c1. The molecule has 0 unspecified atom stereocenters. The maximum Gasteiger partial charge on any atom is 0.251 e. The molecule has 1 aliphatic rings. The average molecular weight is 477 g/mol. The van der Waals surface area contributed by atoms with Crippen LogP contribution in [-0.2, 0) is 9.84 Å². The normalized spacial score (nSPS) is 15.2. The lowest BCUT2D eigenvalue weighted by Crippen LogP contribution is -2.48. The number of thiazole rings is 1. The van der Waals surface area contributed by atoms with E-state index >= 15 is 0 Å². The van der Waals surface area contributed by atoms with Gasteiger partial charge in [-0.1, -0.05) is 24.3 Å². The molecule has 0 saturated carbocycles. The highest BCUT2D eigenvalue weighted by Crippen LogP contribution is 2.29. The zero-order valence-corrected chi connectivity index (χ0v) is 19.4. The van der Waals surface area contributed by atoms with Crippen LogP contribution in [0.1, 0.15) is 17.3 Å². The Labute approximate surface area is 190 Å². The summed E-state index contributed by atoms with van der Waals surface area (Å²) >= 11 is 1.50. The van der Waals surface area contributed by atoms with E-state index in [1.807, 2.05) is 0 Å². The van der Waals surface area contributed by atoms with Crippen LogP contribution in [0, 0.1) is 5.82 Å². The molecule has 1 aliphatic heterocycles. The van der Waals surface area contributed by atoms with Gasteiger partial charge in [0.2, 0.25) is 0 Å². The average Bonchev–Trinajstić information content (AvgIpc) is 3.22. The van der Waals surface area contributed by atoms with E-state index in [1.165, 1.54) is 35.6 Å². The smallest absolute Gasteiger partial charge is 0.251 e. The van der Waals surface area contributed by atoms with E-state index in [1.54, 1.807) is 25.1 Å². The number of anilines is 1. The Morgan fingerprint density at radius 3 is 2.69 bits per heavy atom. The number of hydrogen-bond acceptors (Lipinski definition) is 7. The number of fused-ring (bicyclic) bond motifs is 1. The molecule has 0 aliphatic carbocycles. The fourth-order valence-corrected chi connectivity index (χ4v) is 5.58. The van der Waals surface area contributed by atoms with Crippen molar-refractivity contribution in [2.45, 2.75) is 11.8 Å². The fourth-order valence-electron chi connectivity index (χ4n) is 3.61. The summed E-state index contributed by atoms with van der Waals surface area (Å²) in [6.45, 7) is 6.06. The Morgan fingerprint density at radius 2 is 1.94 bits per heavy atom. The van der Waals surface area contributed by atoms with Gasteiger partial charge in [0.25, 0.3) is 5.91 Å². The van der Waals surface area contributed by atoms with Crippen LogP contribution in [-0.4, -0.2) is 69.2 Å². The van der Waals surface area contributed by atoms with Gasteiger partial charge in [-0.2, -0.15) is 0 Å². The number of rotatable bonds is 7. The zero-order valence-electron chi connectivity index (χ0n) is 17.8. The van der Waals surface area contributed by atoms with E-state index in [-0.39, 0.29) is 22.4 Å². The number of hydrogen-bond donors (Lipinski definition) is 1. The van der Waals surface area contributed by atoms with Crippen LogP contribution in [0.25, 0.3) is 10.2 Å². The first-order valence-electron chi connectivity index (χ1n) is 10.5. The van der Waals surface area contributed by atoms with Crippen molar-refractivity contribution >= 4 is 42.4 Å². The second-order valence-corrected chi connectivity index (χ2v) is 10.9. The van der Waals surface area contributed by atoms with Gasteiger partial charge in [0.15, 0.2) is 15.0 Å². The molecule has 0 atom stereocenters. The number of amides is 1. The molecule has 1 fully saturated rings. The van der Waals surface area contributed by atoms with Crippen molar-refractivity contribution in [3.05, 3.63) is 53.8 Å². The summed E-state index contributed by atoms with van der Waals surface area (Å²) in [4.78, 5) is 21.7. The Balaban J connectivity index is 1.26. The highest BCUT2D eigenvalue weighted by molar-refractivity contribution is 7.91. The van der Waals surface area contributed by atoms with E-state index in [9.17, 15) is 17.6 Å². The number of nitrogens with zero attached hydrogens (tertiary/aromatic N) is 3. The third kappa shape index (κ3) is 5.08. The summed E-state index contributed by atoms with van der Waals surface area (Å²) < 4.78 is 38.3. The van der Waals surface area contributed by atoms with Crippen molar-refractivity contribution in [1.29, 1.82) is 0 Å². The molecule has 7 nitrogen and oxygen atoms in total. The third-order valence-electron chi connectivity index (χ3n) is 5.53. The minimum atomic E-state index is -3.35. The van der Waals surface area contributed by atoms with Crippen LogP contribution in [0.3, 0.4) is 0 Å². The lowest BCUT2D eigenvalue weighted by Gasteiger charge is -2.34. The van der Waals surface area contributed by atoms with E-state index in [4.69, 9.17) is 0 Å². The molecule has 3 aromatic rings. The Kier molecular flexibility index (Phi) is 6.73. The second kappa shape index (κ2) is 9.51. The van der Waals surface area contributed by atoms with Gasteiger partial charge in [-0.25, -0.2) is 17.8 Å². The van der Waals surface area contributed by atoms with Gasteiger partial charge in [0, 0.05) is 44.8 Å². The number of carbonyl (C=O) groups excluding carboxylic acids is 1. The summed E-state index contributed by atoms with van der Waals surface area (Å²) in [5, 5.41) is 3.78. The number of halogens is 1. The maximum atomic E-state index is 13.4. The number of aromatic nitrogens is 1. The van der Waals surface area contributed by atoms with Gasteiger partial charge in [0.05, 0.1) is 20.9 Å². The maximum absolute atomic E-state index is 13.4. The molecule has 10 heteroatoms. The summed E-state index contributed by atoms with van der Waals surface area (Å²) in [7, 11) is -3.35. The lowest BCUT2D eigenvalue weighted by molar-refractivity contribution is 0.0947. The molecule has 32 heavy (non-hydrogen) atoms. The van der Waals surface area contributed by atoms with Crippen LogP contribution in [0.5, 0.6) is 0 Å². The Hall–Kier alpha value is -2.56. The van der Waals surface area contributed by atoms with Crippen molar-refractivity contribution in [2.75, 3.05) is 49.9 Å². The predicted octanol–water partition coefficient (Wildman–Crippen LogP) is 2.78. The first-order valence-corrected chi connectivity index (χ1v) is 13.0. The first kappa shape index (κ1) is 22.6. The number of sulfone groups is 1. The lowest BCUT2D eigenvalue weighted by atomic mass is 10.2. The molecule has 1 N–H and O–H groups in total. The number of piperazine rings is 1. The molecular formula is C22H25FN4O3S2. The number of benzene rings is 2. The van der Waals surface area contributed by atoms with Crippen LogP contribution in [0.4, 0.5) is 9.52 Å². The highest BCUT2D eigenvalue weighted by atomic mass is 32.2. The third-order valence-corrected chi connectivity index (χ3v) is 8.34. The largest absolute Gasteiger partial charge is 0.351 e. The first-order chi connectivity index (χ1) is 15.4. The topological polar surface area (TPSA) is 82.6 Å². The molecule has 1 aromatic heterocycles. The quantitative estimate of drug-likeness (QED) is 0.565. The number of carbonyl (C=O) groups is 1. The minimum absolute atomic E-state index is 0.00203. The predicted molar refractivity (Wildman–Crippen MR) is 125 cm³/mol. The molecule has 170 valence electrons. The summed E-state index contributed by atoms with van der Waals surface area (Å²) in [5.41, 5.74) is 1.16. The number of nitrogens with one attached hydrogen (secondary N) is 1. The molecule has 1 amide bonds. The van der Waals surface area contributed by atoms with E-state index < -0.39 is 9.84 Å². The molecule has 0 spiro atoms. The molecule has 1 saturated heterocycles. The van der Waals surface area contributed by atoms with Gasteiger partial charge in [-0.05, 0) is 36.4 Å². The van der Waals surface area contributed by atoms with Crippen LogP contribution >= 0.6 is 11.3 Å². The van der Waals surface area contributed by atoms with Crippen LogP contribution in [0.2, 0.25) is 0 Å². The van der Waals surface area contributed by atoms with Gasteiger partial charge in [-0.15, -0.1) is 0 Å². The Bertz CT molecular complexity index is 1220. The summed E-state index contributed by atoms with van der Waals surface area (Å²) in [5.74, 6) is -0.533. The summed E-state index contributed by atoms with van der Waals surface area (Å²) in [6, 6.07) is 10.8. The minimum Gasteiger partial charge on any atom is -0.351 e. The fraction of sp³-hybridized carbons (Fsp3) is 0.364. The second-order valence-electron chi connectivity index (χ2n) is 7.62. The van der Waals surface area contributed by atoms with Gasteiger partial charge in [-0.3, -0.25) is 9.69 Å². The zero-order chi connectivity index (χ0) is 22.7. The molecule has 4 rings (SSSR count). The van der Waals surface area contributed by atoms with Crippen molar-refractivity contribution in [3.63, 3.8) is 0 Å². The summed E-state index contributed by atoms with van der Waals surface area (Å²) in [6.07, 6.45) is 0. The van der Waals surface area contributed by atoms with Crippen LogP contribution < -0.4 is 10.2 Å². The van der Waals surface area contributed by atoms with Gasteiger partial charge >= 0.3 is 0 Å². The standard InChI is InChI=1S/C22H25FN4O3S2/c1-2-32(29,30)18-5-3-4-16(14-18)21(28)24-8-9-26-10-12-27(13-11-26)22-25-19-7-6-17(23)15-20(19)31-22/h3-7,14-15H,2,8-13H2,1H3,(H,24,28). The monoisotopic (exact) mass is 476 g/mol. The van der Waals surface area contributed by atoms with Crippen molar-refractivity contribution in [3.8, 4) is 0 Å². The molecular weight excluding hydrogens is 451 g/mol. The van der Waals surface area contributed by atoms with Gasteiger partial charge in [0.1, 0.15) is 5.82 Å².